The van der Waals surface area contributed by atoms with Gasteiger partial charge in [-0.15, -0.1) is 10.2 Å². The smallest absolute Gasteiger partial charge is 0.271 e. The molecule has 1 saturated heterocycles. The molecule has 150 valence electrons. The molecule has 0 radical (unpaired) electrons. The average Bonchev–Trinajstić information content (AvgIpc) is 2.75. The van der Waals surface area contributed by atoms with Gasteiger partial charge in [-0.2, -0.15) is 0 Å². The molecule has 0 bridgehead atoms. The second-order valence-corrected chi connectivity index (χ2v) is 6.54. The number of methoxy groups -OCH3 is 1. The summed E-state index contributed by atoms with van der Waals surface area (Å²) < 4.78 is 10.5. The summed E-state index contributed by atoms with van der Waals surface area (Å²) in [4.78, 5) is 14.4. The lowest BCUT2D eigenvalue weighted by Gasteiger charge is -2.26. The van der Waals surface area contributed by atoms with Crippen LogP contribution >= 0.6 is 0 Å². The Kier molecular flexibility index (Phi) is 7.57. The first kappa shape index (κ1) is 20.0. The second-order valence-electron chi connectivity index (χ2n) is 6.54. The van der Waals surface area contributed by atoms with E-state index in [-0.39, 0.29) is 5.91 Å². The highest BCUT2D eigenvalue weighted by molar-refractivity contribution is 5.92. The topological polar surface area (TPSA) is 88.6 Å². The van der Waals surface area contributed by atoms with Crippen molar-refractivity contribution in [1.82, 2.24) is 20.4 Å². The number of aromatic nitrogens is 2. The summed E-state index contributed by atoms with van der Waals surface area (Å²) in [6.45, 7) is 5.46. The number of carbonyl (C=O) groups excluding carboxylic acids is 1. The number of carbonyl (C=O) groups is 1. The van der Waals surface area contributed by atoms with E-state index in [1.54, 1.807) is 19.2 Å². The molecule has 28 heavy (non-hydrogen) atoms. The quantitative estimate of drug-likeness (QED) is 0.671. The van der Waals surface area contributed by atoms with Crippen molar-refractivity contribution < 1.29 is 14.3 Å². The zero-order valence-corrected chi connectivity index (χ0v) is 16.2. The van der Waals surface area contributed by atoms with Gasteiger partial charge in [0.1, 0.15) is 11.6 Å². The van der Waals surface area contributed by atoms with Crippen LogP contribution in [0.4, 0.5) is 5.82 Å². The largest absolute Gasteiger partial charge is 0.497 e. The molecule has 1 aromatic heterocycles. The number of ether oxygens (including phenoxy) is 2. The van der Waals surface area contributed by atoms with Gasteiger partial charge in [-0.05, 0) is 36.2 Å². The van der Waals surface area contributed by atoms with Crippen LogP contribution in [0.5, 0.6) is 5.75 Å². The van der Waals surface area contributed by atoms with E-state index in [2.05, 4.69) is 25.7 Å². The van der Waals surface area contributed by atoms with Crippen molar-refractivity contribution in [2.24, 2.45) is 0 Å². The summed E-state index contributed by atoms with van der Waals surface area (Å²) >= 11 is 0. The Morgan fingerprint density at radius 1 is 1.11 bits per heavy atom. The lowest BCUT2D eigenvalue weighted by atomic mass is 10.1. The fourth-order valence-electron chi connectivity index (χ4n) is 2.92. The molecule has 1 amide bonds. The van der Waals surface area contributed by atoms with E-state index in [9.17, 15) is 4.79 Å². The van der Waals surface area contributed by atoms with Crippen LogP contribution in [-0.4, -0.2) is 74.1 Å². The number of hydrogen-bond donors (Lipinski definition) is 2. The van der Waals surface area contributed by atoms with Gasteiger partial charge in [-0.3, -0.25) is 9.69 Å². The number of nitrogens with zero attached hydrogens (tertiary/aromatic N) is 3. The van der Waals surface area contributed by atoms with Crippen molar-refractivity contribution in [3.05, 3.63) is 47.7 Å². The maximum absolute atomic E-state index is 12.2. The van der Waals surface area contributed by atoms with E-state index in [1.165, 1.54) is 5.56 Å². The molecule has 2 N–H and O–H groups in total. The highest BCUT2D eigenvalue weighted by Crippen LogP contribution is 2.12. The minimum absolute atomic E-state index is 0.203. The summed E-state index contributed by atoms with van der Waals surface area (Å²) in [7, 11) is 1.66. The molecule has 2 heterocycles. The predicted octanol–water partition coefficient (Wildman–Crippen LogP) is 1.20. The lowest BCUT2D eigenvalue weighted by Crippen LogP contribution is -2.41. The first-order valence-electron chi connectivity index (χ1n) is 9.53. The monoisotopic (exact) mass is 385 g/mol. The molecule has 2 aromatic rings. The van der Waals surface area contributed by atoms with Gasteiger partial charge < -0.3 is 20.1 Å². The highest BCUT2D eigenvalue weighted by Gasteiger charge is 2.12. The van der Waals surface area contributed by atoms with Gasteiger partial charge in [0.15, 0.2) is 5.69 Å². The number of morpholine rings is 1. The Balaban J connectivity index is 1.37. The number of benzene rings is 1. The van der Waals surface area contributed by atoms with Gasteiger partial charge in [-0.1, -0.05) is 12.1 Å². The van der Waals surface area contributed by atoms with Gasteiger partial charge in [-0.25, -0.2) is 0 Å². The number of anilines is 1. The highest BCUT2D eigenvalue weighted by atomic mass is 16.5. The molecule has 1 aromatic carbocycles. The summed E-state index contributed by atoms with van der Waals surface area (Å²) in [5.41, 5.74) is 1.53. The van der Waals surface area contributed by atoms with Crippen molar-refractivity contribution in [3.8, 4) is 5.75 Å². The Bertz CT molecular complexity index is 731. The molecular weight excluding hydrogens is 358 g/mol. The maximum Gasteiger partial charge on any atom is 0.271 e. The normalized spacial score (nSPS) is 14.5. The fourth-order valence-corrected chi connectivity index (χ4v) is 2.92. The third-order valence-electron chi connectivity index (χ3n) is 4.59. The standard InChI is InChI=1S/C20H27N5O3/c1-27-17-4-2-16(3-5-17)8-9-21-19-7-6-18(23-24-19)20(26)22-10-11-25-12-14-28-15-13-25/h2-7H,8-15H2,1H3,(H,21,24)(H,22,26). The van der Waals surface area contributed by atoms with Crippen LogP contribution in [0.15, 0.2) is 36.4 Å². The molecule has 1 aliphatic heterocycles. The van der Waals surface area contributed by atoms with Crippen LogP contribution in [0.25, 0.3) is 0 Å². The summed E-state index contributed by atoms with van der Waals surface area (Å²) in [6, 6.07) is 11.4. The zero-order chi connectivity index (χ0) is 19.6. The molecule has 8 heteroatoms. The van der Waals surface area contributed by atoms with Crippen molar-refractivity contribution in [2.75, 3.05) is 58.4 Å². The van der Waals surface area contributed by atoms with E-state index < -0.39 is 0 Å². The molecule has 0 spiro atoms. The van der Waals surface area contributed by atoms with Crippen molar-refractivity contribution in [2.45, 2.75) is 6.42 Å². The van der Waals surface area contributed by atoms with Crippen LogP contribution in [0, 0.1) is 0 Å². The Labute approximate surface area is 165 Å². The third-order valence-corrected chi connectivity index (χ3v) is 4.59. The van der Waals surface area contributed by atoms with Crippen molar-refractivity contribution in [1.29, 1.82) is 0 Å². The minimum atomic E-state index is -0.203. The molecular formula is C20H27N5O3. The second kappa shape index (κ2) is 10.6. The van der Waals surface area contributed by atoms with Crippen LogP contribution in [-0.2, 0) is 11.2 Å². The number of amides is 1. The van der Waals surface area contributed by atoms with E-state index in [4.69, 9.17) is 9.47 Å². The Morgan fingerprint density at radius 2 is 1.89 bits per heavy atom. The molecule has 1 fully saturated rings. The molecule has 3 rings (SSSR count). The molecule has 0 saturated carbocycles. The average molecular weight is 385 g/mol. The molecule has 1 aliphatic rings. The van der Waals surface area contributed by atoms with Gasteiger partial charge in [0.05, 0.1) is 20.3 Å². The molecule has 0 aliphatic carbocycles. The van der Waals surface area contributed by atoms with Crippen LogP contribution in [0.3, 0.4) is 0 Å². The van der Waals surface area contributed by atoms with Gasteiger partial charge in [0.25, 0.3) is 5.91 Å². The molecule has 8 nitrogen and oxygen atoms in total. The van der Waals surface area contributed by atoms with Crippen LogP contribution < -0.4 is 15.4 Å². The fraction of sp³-hybridized carbons (Fsp3) is 0.450. The summed E-state index contributed by atoms with van der Waals surface area (Å²) in [6.07, 6.45) is 0.857. The number of nitrogens with one attached hydrogen (secondary N) is 2. The first-order valence-corrected chi connectivity index (χ1v) is 9.53. The van der Waals surface area contributed by atoms with Gasteiger partial charge in [0.2, 0.25) is 0 Å². The predicted molar refractivity (Wildman–Crippen MR) is 107 cm³/mol. The first-order chi connectivity index (χ1) is 13.7. The van der Waals surface area contributed by atoms with Crippen molar-refractivity contribution in [3.63, 3.8) is 0 Å². The van der Waals surface area contributed by atoms with Crippen LogP contribution in [0.2, 0.25) is 0 Å². The van der Waals surface area contributed by atoms with E-state index in [1.807, 2.05) is 24.3 Å². The third kappa shape index (κ3) is 6.17. The number of hydrogen-bond acceptors (Lipinski definition) is 7. The van der Waals surface area contributed by atoms with E-state index in [0.717, 1.165) is 51.6 Å². The summed E-state index contributed by atoms with van der Waals surface area (Å²) in [5.74, 6) is 1.30. The van der Waals surface area contributed by atoms with Crippen molar-refractivity contribution >= 4 is 11.7 Å². The molecule has 0 atom stereocenters. The summed E-state index contributed by atoms with van der Waals surface area (Å²) in [5, 5.41) is 14.2. The SMILES string of the molecule is COc1ccc(CCNc2ccc(C(=O)NCCN3CCOCC3)nn2)cc1. The van der Waals surface area contributed by atoms with Gasteiger partial charge >= 0.3 is 0 Å². The lowest BCUT2D eigenvalue weighted by molar-refractivity contribution is 0.0383. The Morgan fingerprint density at radius 3 is 2.57 bits per heavy atom. The van der Waals surface area contributed by atoms with Gasteiger partial charge in [0, 0.05) is 32.7 Å². The maximum atomic E-state index is 12.2. The zero-order valence-electron chi connectivity index (χ0n) is 16.2. The number of rotatable bonds is 9. The Hall–Kier alpha value is -2.71. The van der Waals surface area contributed by atoms with E-state index in [0.29, 0.717) is 18.1 Å². The van der Waals surface area contributed by atoms with E-state index >= 15 is 0 Å². The molecule has 0 unspecified atom stereocenters. The minimum Gasteiger partial charge on any atom is -0.497 e. The van der Waals surface area contributed by atoms with Crippen LogP contribution in [0.1, 0.15) is 16.1 Å².